The molecule has 0 heterocycles. The van der Waals surface area contributed by atoms with Crippen LogP contribution in [0.4, 0.5) is 0 Å². The summed E-state index contributed by atoms with van der Waals surface area (Å²) in [6.07, 6.45) is 1.33. The Balaban J connectivity index is 2.86. The first kappa shape index (κ1) is 16.0. The molecule has 0 bridgehead atoms. The van der Waals surface area contributed by atoms with Gasteiger partial charge in [-0.2, -0.15) is 0 Å². The molecule has 3 atom stereocenters. The average molecular weight is 269 g/mol. The molecule has 110 valence electrons. The molecule has 1 unspecified atom stereocenters. The Morgan fingerprint density at radius 3 is 2.11 bits per heavy atom. The molecule has 0 aromatic carbocycles. The van der Waals surface area contributed by atoms with Crippen LogP contribution in [-0.4, -0.2) is 34.5 Å². The van der Waals surface area contributed by atoms with Crippen molar-refractivity contribution in [2.45, 2.75) is 53.5 Å². The largest absolute Gasteiger partial charge is 0.481 e. The molecular formula is C15H27NO3. The molecule has 1 N–H and O–H groups in total. The summed E-state index contributed by atoms with van der Waals surface area (Å²) >= 11 is 0. The van der Waals surface area contributed by atoms with Crippen molar-refractivity contribution in [3.63, 3.8) is 0 Å². The molecule has 1 fully saturated rings. The van der Waals surface area contributed by atoms with E-state index in [9.17, 15) is 14.7 Å². The zero-order valence-electron chi connectivity index (χ0n) is 12.7. The van der Waals surface area contributed by atoms with Gasteiger partial charge in [0.1, 0.15) is 0 Å². The summed E-state index contributed by atoms with van der Waals surface area (Å²) in [5.41, 5.74) is 0. The Labute approximate surface area is 116 Å². The predicted molar refractivity (Wildman–Crippen MR) is 74.7 cm³/mol. The Bertz CT molecular complexity index is 338. The van der Waals surface area contributed by atoms with Gasteiger partial charge in [0, 0.05) is 12.6 Å². The Morgan fingerprint density at radius 2 is 1.68 bits per heavy atom. The highest BCUT2D eigenvalue weighted by atomic mass is 16.4. The summed E-state index contributed by atoms with van der Waals surface area (Å²) in [6, 6.07) is 0.125. The summed E-state index contributed by atoms with van der Waals surface area (Å²) < 4.78 is 0. The number of carbonyl (C=O) groups excluding carboxylic acids is 1. The van der Waals surface area contributed by atoms with E-state index in [1.54, 1.807) is 0 Å². The van der Waals surface area contributed by atoms with Crippen LogP contribution in [0, 0.1) is 23.7 Å². The molecule has 0 aromatic rings. The second-order valence-corrected chi connectivity index (χ2v) is 6.61. The quantitative estimate of drug-likeness (QED) is 0.834. The van der Waals surface area contributed by atoms with Crippen molar-refractivity contribution >= 4 is 11.9 Å². The van der Waals surface area contributed by atoms with E-state index in [2.05, 4.69) is 13.8 Å². The van der Waals surface area contributed by atoms with E-state index < -0.39 is 11.9 Å². The molecule has 1 saturated carbocycles. The molecule has 0 radical (unpaired) electrons. The van der Waals surface area contributed by atoms with Crippen LogP contribution >= 0.6 is 0 Å². The number of aliphatic carboxylic acids is 1. The van der Waals surface area contributed by atoms with Crippen molar-refractivity contribution < 1.29 is 14.7 Å². The van der Waals surface area contributed by atoms with Crippen LogP contribution in [0.1, 0.15) is 47.5 Å². The first-order valence-electron chi connectivity index (χ1n) is 7.27. The van der Waals surface area contributed by atoms with Gasteiger partial charge >= 0.3 is 5.97 Å². The van der Waals surface area contributed by atoms with Crippen LogP contribution in [0.3, 0.4) is 0 Å². The molecule has 1 amide bonds. The first-order chi connectivity index (χ1) is 8.73. The lowest BCUT2D eigenvalue weighted by Gasteiger charge is -2.32. The fraction of sp³-hybridized carbons (Fsp3) is 0.867. The molecular weight excluding hydrogens is 242 g/mol. The minimum Gasteiger partial charge on any atom is -0.481 e. The average Bonchev–Trinajstić information content (AvgIpc) is 2.67. The first-order valence-corrected chi connectivity index (χ1v) is 7.27. The summed E-state index contributed by atoms with van der Waals surface area (Å²) in [5.74, 6) is -0.919. The van der Waals surface area contributed by atoms with Crippen molar-refractivity contribution in [3.8, 4) is 0 Å². The van der Waals surface area contributed by atoms with Crippen LogP contribution in [0.2, 0.25) is 0 Å². The molecule has 1 aliphatic carbocycles. The van der Waals surface area contributed by atoms with E-state index in [4.69, 9.17) is 0 Å². The van der Waals surface area contributed by atoms with Crippen LogP contribution in [-0.2, 0) is 9.59 Å². The maximum absolute atomic E-state index is 12.6. The lowest BCUT2D eigenvalue weighted by molar-refractivity contribution is -0.150. The second kappa shape index (κ2) is 6.40. The van der Waals surface area contributed by atoms with Crippen molar-refractivity contribution in [2.75, 3.05) is 6.54 Å². The predicted octanol–water partition coefficient (Wildman–Crippen LogP) is 2.63. The Kier molecular flexibility index (Phi) is 5.39. The van der Waals surface area contributed by atoms with Gasteiger partial charge in [-0.05, 0) is 38.5 Å². The van der Waals surface area contributed by atoms with Crippen LogP contribution in [0.15, 0.2) is 0 Å². The summed E-state index contributed by atoms with van der Waals surface area (Å²) in [7, 11) is 0. The van der Waals surface area contributed by atoms with Gasteiger partial charge in [-0.15, -0.1) is 0 Å². The number of carboxylic acids is 1. The topological polar surface area (TPSA) is 57.6 Å². The van der Waals surface area contributed by atoms with Gasteiger partial charge in [0.25, 0.3) is 0 Å². The van der Waals surface area contributed by atoms with E-state index in [0.29, 0.717) is 31.2 Å². The van der Waals surface area contributed by atoms with E-state index in [0.717, 1.165) is 0 Å². The van der Waals surface area contributed by atoms with Crippen LogP contribution < -0.4 is 0 Å². The molecule has 19 heavy (non-hydrogen) atoms. The monoisotopic (exact) mass is 269 g/mol. The SMILES string of the molecule is CC(C)CN(C(=O)[C@H]1CC(C)C[C@H]1C(=O)O)C(C)C. The van der Waals surface area contributed by atoms with Gasteiger partial charge in [-0.1, -0.05) is 20.8 Å². The number of amides is 1. The van der Waals surface area contributed by atoms with E-state index in [1.165, 1.54) is 0 Å². The summed E-state index contributed by atoms with van der Waals surface area (Å²) in [5, 5.41) is 9.28. The number of nitrogens with zero attached hydrogens (tertiary/aromatic N) is 1. The molecule has 4 nitrogen and oxygen atoms in total. The Morgan fingerprint density at radius 1 is 1.16 bits per heavy atom. The van der Waals surface area contributed by atoms with Crippen molar-refractivity contribution in [2.24, 2.45) is 23.7 Å². The highest BCUT2D eigenvalue weighted by Crippen LogP contribution is 2.37. The molecule has 0 aromatic heterocycles. The van der Waals surface area contributed by atoms with Gasteiger partial charge in [0.2, 0.25) is 5.91 Å². The van der Waals surface area contributed by atoms with Gasteiger partial charge in [0.15, 0.2) is 0 Å². The van der Waals surface area contributed by atoms with Gasteiger partial charge in [-0.25, -0.2) is 0 Å². The van der Waals surface area contributed by atoms with E-state index in [-0.39, 0.29) is 17.9 Å². The molecule has 0 spiro atoms. The summed E-state index contributed by atoms with van der Waals surface area (Å²) in [6.45, 7) is 10.9. The van der Waals surface area contributed by atoms with Crippen LogP contribution in [0.5, 0.6) is 0 Å². The number of hydrogen-bond acceptors (Lipinski definition) is 2. The zero-order chi connectivity index (χ0) is 14.7. The lowest BCUT2D eigenvalue weighted by atomic mass is 9.94. The maximum Gasteiger partial charge on any atom is 0.307 e. The fourth-order valence-corrected chi connectivity index (χ4v) is 3.00. The standard InChI is InChI=1S/C15H27NO3/c1-9(2)8-16(10(3)4)14(17)12-6-11(5)7-13(12)15(18)19/h9-13H,6-8H2,1-5H3,(H,18,19)/t11?,12-,13+/m0/s1. The van der Waals surface area contributed by atoms with Gasteiger partial charge in [0.05, 0.1) is 11.8 Å². The third-order valence-electron chi connectivity index (χ3n) is 3.90. The smallest absolute Gasteiger partial charge is 0.307 e. The number of carbonyl (C=O) groups is 2. The number of hydrogen-bond donors (Lipinski definition) is 1. The Hall–Kier alpha value is -1.06. The lowest BCUT2D eigenvalue weighted by Crippen LogP contribution is -2.44. The molecule has 0 aliphatic heterocycles. The zero-order valence-corrected chi connectivity index (χ0v) is 12.7. The van der Waals surface area contributed by atoms with E-state index in [1.807, 2.05) is 25.7 Å². The number of carboxylic acid groups (broad SMARTS) is 1. The molecule has 0 saturated heterocycles. The highest BCUT2D eigenvalue weighted by molar-refractivity contribution is 5.85. The number of rotatable bonds is 5. The third kappa shape index (κ3) is 3.95. The fourth-order valence-electron chi connectivity index (χ4n) is 3.00. The highest BCUT2D eigenvalue weighted by Gasteiger charge is 2.43. The minimum atomic E-state index is -0.823. The molecule has 1 rings (SSSR count). The van der Waals surface area contributed by atoms with E-state index >= 15 is 0 Å². The van der Waals surface area contributed by atoms with Crippen LogP contribution in [0.25, 0.3) is 0 Å². The van der Waals surface area contributed by atoms with Crippen molar-refractivity contribution in [3.05, 3.63) is 0 Å². The van der Waals surface area contributed by atoms with Crippen molar-refractivity contribution in [1.82, 2.24) is 4.90 Å². The van der Waals surface area contributed by atoms with Gasteiger partial charge < -0.3 is 10.0 Å². The second-order valence-electron chi connectivity index (χ2n) is 6.61. The third-order valence-corrected chi connectivity index (χ3v) is 3.90. The molecule has 1 aliphatic rings. The maximum atomic E-state index is 12.6. The molecule has 4 heteroatoms. The van der Waals surface area contributed by atoms with Crippen molar-refractivity contribution in [1.29, 1.82) is 0 Å². The van der Waals surface area contributed by atoms with Gasteiger partial charge in [-0.3, -0.25) is 9.59 Å². The normalized spacial score (nSPS) is 27.0. The minimum absolute atomic E-state index is 0.0282. The summed E-state index contributed by atoms with van der Waals surface area (Å²) in [4.78, 5) is 25.8.